The highest BCUT2D eigenvalue weighted by atomic mass is 35.5. The van der Waals surface area contributed by atoms with E-state index in [2.05, 4.69) is 15.4 Å². The lowest BCUT2D eigenvalue weighted by Crippen LogP contribution is -2.44. The van der Waals surface area contributed by atoms with Crippen molar-refractivity contribution in [1.29, 1.82) is 0 Å². The number of amides is 1. The van der Waals surface area contributed by atoms with Gasteiger partial charge in [0.25, 0.3) is 0 Å². The molecule has 2 aromatic rings. The molecule has 2 aromatic heterocycles. The van der Waals surface area contributed by atoms with Crippen LogP contribution in [0.2, 0.25) is 0 Å². The van der Waals surface area contributed by atoms with Crippen LogP contribution < -0.4 is 5.32 Å². The first kappa shape index (κ1) is 22.3. The zero-order chi connectivity index (χ0) is 22.6. The Labute approximate surface area is 186 Å². The van der Waals surface area contributed by atoms with E-state index in [4.69, 9.17) is 30.5 Å². The van der Waals surface area contributed by atoms with Gasteiger partial charge in [0.15, 0.2) is 11.6 Å². The van der Waals surface area contributed by atoms with Gasteiger partial charge >= 0.3 is 6.09 Å². The van der Waals surface area contributed by atoms with E-state index in [0.717, 1.165) is 5.69 Å². The smallest absolute Gasteiger partial charge is 0.413 e. The minimum Gasteiger partial charge on any atom is -0.444 e. The molecular weight excluding hydrogens is 424 g/mol. The van der Waals surface area contributed by atoms with Crippen molar-refractivity contribution in [2.45, 2.75) is 83.3 Å². The van der Waals surface area contributed by atoms with Crippen molar-refractivity contribution < 1.29 is 23.7 Å². The molecule has 2 aliphatic rings. The molecule has 170 valence electrons. The van der Waals surface area contributed by atoms with E-state index in [9.17, 15) is 4.79 Å². The lowest BCUT2D eigenvalue weighted by atomic mass is 9.93. The highest BCUT2D eigenvalue weighted by molar-refractivity contribution is 6.18. The molecule has 2 aliphatic heterocycles. The summed E-state index contributed by atoms with van der Waals surface area (Å²) < 4.78 is 25.9. The molecule has 4 atom stereocenters. The minimum absolute atomic E-state index is 0.282. The average molecular weight is 453 g/mol. The first-order valence-electron chi connectivity index (χ1n) is 10.4. The number of carbonyl (C=O) groups is 1. The molecule has 2 saturated heterocycles. The molecule has 0 aliphatic carbocycles. The Morgan fingerprint density at radius 1 is 1.29 bits per heavy atom. The maximum absolute atomic E-state index is 12.2. The number of ether oxygens (including phenoxy) is 4. The van der Waals surface area contributed by atoms with Gasteiger partial charge in [-0.05, 0) is 53.2 Å². The van der Waals surface area contributed by atoms with Crippen molar-refractivity contribution in [3.8, 4) is 0 Å². The molecule has 2 fully saturated rings. The van der Waals surface area contributed by atoms with Crippen LogP contribution >= 0.6 is 11.6 Å². The standard InChI is InChI=1S/C21H29ClN4O5/c1-7-21(10-22)16-15(28-20(5,6)30-16)14(29-21)12-8-9-13-17(23-11-24-26(12)13)25-18(27)31-19(2,3)4/h8-9,11,14-16H,7,10H2,1-6H3,(H,23,24,25,27)/t14-,15-,16-,21-/m0/s1. The first-order chi connectivity index (χ1) is 14.5. The van der Waals surface area contributed by atoms with Crippen LogP contribution in [-0.4, -0.2) is 55.8 Å². The fraction of sp³-hybridized carbons (Fsp3) is 0.667. The second-order valence-electron chi connectivity index (χ2n) is 9.40. The summed E-state index contributed by atoms with van der Waals surface area (Å²) in [5, 5.41) is 7.07. The molecule has 1 N–H and O–H groups in total. The number of carbonyl (C=O) groups excluding carboxylic acids is 1. The normalized spacial score (nSPS) is 29.8. The minimum atomic E-state index is -0.741. The van der Waals surface area contributed by atoms with Crippen LogP contribution in [0.15, 0.2) is 18.5 Å². The Bertz CT molecular complexity index is 982. The molecule has 1 amide bonds. The molecule has 0 bridgehead atoms. The van der Waals surface area contributed by atoms with Crippen molar-refractivity contribution in [3.05, 3.63) is 24.2 Å². The SMILES string of the molecule is CC[C@@]1(CCl)O[C@@H](c2ccc3c(NC(=O)OC(C)(C)C)ncnn23)[C@@H]2OC(C)(C)O[C@@H]21. The molecule has 31 heavy (non-hydrogen) atoms. The summed E-state index contributed by atoms with van der Waals surface area (Å²) in [6.45, 7) is 11.2. The number of alkyl halides is 1. The average Bonchev–Trinajstić information content (AvgIpc) is 3.30. The summed E-state index contributed by atoms with van der Waals surface area (Å²) in [5.74, 6) is -0.118. The monoisotopic (exact) mass is 452 g/mol. The number of hydrogen-bond donors (Lipinski definition) is 1. The highest BCUT2D eigenvalue weighted by Crippen LogP contribution is 2.51. The Balaban J connectivity index is 1.68. The molecule has 10 heteroatoms. The quantitative estimate of drug-likeness (QED) is 0.699. The predicted octanol–water partition coefficient (Wildman–Crippen LogP) is 4.06. The molecule has 4 rings (SSSR count). The number of rotatable bonds is 4. The van der Waals surface area contributed by atoms with E-state index in [-0.39, 0.29) is 18.1 Å². The Hall–Kier alpha value is -1.94. The predicted molar refractivity (Wildman–Crippen MR) is 114 cm³/mol. The van der Waals surface area contributed by atoms with Gasteiger partial charge in [-0.3, -0.25) is 5.32 Å². The summed E-state index contributed by atoms with van der Waals surface area (Å²) in [6, 6.07) is 3.72. The van der Waals surface area contributed by atoms with Crippen molar-refractivity contribution in [2.24, 2.45) is 0 Å². The number of anilines is 1. The molecule has 4 heterocycles. The van der Waals surface area contributed by atoms with Crippen LogP contribution in [0.25, 0.3) is 5.52 Å². The summed E-state index contributed by atoms with van der Waals surface area (Å²) >= 11 is 6.35. The first-order valence-corrected chi connectivity index (χ1v) is 10.9. The highest BCUT2D eigenvalue weighted by Gasteiger charge is 2.62. The van der Waals surface area contributed by atoms with Crippen molar-refractivity contribution in [3.63, 3.8) is 0 Å². The third-order valence-electron chi connectivity index (χ3n) is 5.52. The van der Waals surface area contributed by atoms with Crippen molar-refractivity contribution in [1.82, 2.24) is 14.6 Å². The van der Waals surface area contributed by atoms with Gasteiger partial charge in [0.1, 0.15) is 41.4 Å². The summed E-state index contributed by atoms with van der Waals surface area (Å²) in [5.41, 5.74) is 0.0904. The third-order valence-corrected chi connectivity index (χ3v) is 5.98. The lowest BCUT2D eigenvalue weighted by molar-refractivity contribution is -0.207. The van der Waals surface area contributed by atoms with Crippen LogP contribution in [0.3, 0.4) is 0 Å². The van der Waals surface area contributed by atoms with E-state index in [1.165, 1.54) is 6.33 Å². The van der Waals surface area contributed by atoms with Crippen molar-refractivity contribution >= 4 is 29.0 Å². The summed E-state index contributed by atoms with van der Waals surface area (Å²) in [7, 11) is 0. The van der Waals surface area contributed by atoms with Crippen molar-refractivity contribution in [2.75, 3.05) is 11.2 Å². The Morgan fingerprint density at radius 3 is 2.68 bits per heavy atom. The molecule has 0 radical (unpaired) electrons. The number of nitrogens with one attached hydrogen (secondary N) is 1. The number of halogens is 1. The number of fused-ring (bicyclic) bond motifs is 2. The number of aromatic nitrogens is 3. The second kappa shape index (κ2) is 7.58. The van der Waals surface area contributed by atoms with Gasteiger partial charge in [0.05, 0.1) is 11.6 Å². The van der Waals surface area contributed by atoms with Gasteiger partial charge in [-0.15, -0.1) is 11.6 Å². The van der Waals surface area contributed by atoms with Gasteiger partial charge < -0.3 is 18.9 Å². The third kappa shape index (κ3) is 4.00. The fourth-order valence-corrected chi connectivity index (χ4v) is 4.59. The maximum atomic E-state index is 12.2. The molecule has 0 saturated carbocycles. The molecular formula is C21H29ClN4O5. The Kier molecular flexibility index (Phi) is 5.44. The van der Waals surface area contributed by atoms with Crippen LogP contribution in [0, 0.1) is 0 Å². The van der Waals surface area contributed by atoms with E-state index in [1.807, 2.05) is 32.9 Å². The largest absolute Gasteiger partial charge is 0.444 e. The molecule has 9 nitrogen and oxygen atoms in total. The lowest BCUT2D eigenvalue weighted by Gasteiger charge is -2.32. The zero-order valence-electron chi connectivity index (χ0n) is 18.6. The van der Waals surface area contributed by atoms with E-state index < -0.39 is 29.2 Å². The van der Waals surface area contributed by atoms with Gasteiger partial charge in [-0.25, -0.2) is 14.3 Å². The van der Waals surface area contributed by atoms with E-state index >= 15 is 0 Å². The van der Waals surface area contributed by atoms with Crippen LogP contribution in [-0.2, 0) is 18.9 Å². The maximum Gasteiger partial charge on any atom is 0.413 e. The zero-order valence-corrected chi connectivity index (χ0v) is 19.4. The molecule has 0 aromatic carbocycles. The van der Waals surface area contributed by atoms with Crippen LogP contribution in [0.1, 0.15) is 59.8 Å². The van der Waals surface area contributed by atoms with Gasteiger partial charge in [0, 0.05) is 0 Å². The van der Waals surface area contributed by atoms with Crippen LogP contribution in [0.5, 0.6) is 0 Å². The van der Waals surface area contributed by atoms with E-state index in [1.54, 1.807) is 25.3 Å². The van der Waals surface area contributed by atoms with Gasteiger partial charge in [0.2, 0.25) is 0 Å². The second-order valence-corrected chi connectivity index (χ2v) is 9.67. The Morgan fingerprint density at radius 2 is 2.03 bits per heavy atom. The fourth-order valence-electron chi connectivity index (χ4n) is 4.19. The number of hydrogen-bond acceptors (Lipinski definition) is 7. The topological polar surface area (TPSA) is 96.2 Å². The number of nitrogens with zero attached hydrogens (tertiary/aromatic N) is 3. The molecule has 0 unspecified atom stereocenters. The van der Waals surface area contributed by atoms with E-state index in [0.29, 0.717) is 17.8 Å². The molecule has 0 spiro atoms. The summed E-state index contributed by atoms with van der Waals surface area (Å²) in [6.07, 6.45) is 0.370. The van der Waals surface area contributed by atoms with Gasteiger partial charge in [-0.2, -0.15) is 5.10 Å². The van der Waals surface area contributed by atoms with Crippen LogP contribution in [0.4, 0.5) is 10.6 Å². The summed E-state index contributed by atoms with van der Waals surface area (Å²) in [4.78, 5) is 16.4. The van der Waals surface area contributed by atoms with Gasteiger partial charge in [-0.1, -0.05) is 6.92 Å².